The Morgan fingerprint density at radius 2 is 0.750 bits per heavy atom. The van der Waals surface area contributed by atoms with Crippen molar-refractivity contribution in [2.75, 3.05) is 6.61 Å². The van der Waals surface area contributed by atoms with Crippen molar-refractivity contribution in [3.63, 3.8) is 0 Å². The van der Waals surface area contributed by atoms with Crippen molar-refractivity contribution < 1.29 is 35.4 Å². The van der Waals surface area contributed by atoms with E-state index in [9.17, 15) is 30.6 Å². The highest BCUT2D eigenvalue weighted by Crippen LogP contribution is 2.37. The van der Waals surface area contributed by atoms with Gasteiger partial charge in [-0.05, 0) is 43.3 Å². The number of rotatable bonds is 3. The van der Waals surface area contributed by atoms with Crippen LogP contribution in [-0.2, 0) is 4.74 Å². The fraction of sp³-hybridized carbons (Fsp3) is 0.300. The first-order valence-corrected chi connectivity index (χ1v) is 13.2. The van der Waals surface area contributed by atoms with E-state index in [0.29, 0.717) is 6.10 Å². The second-order valence-corrected chi connectivity index (χ2v) is 7.55. The molecule has 40 heavy (non-hydrogen) atoms. The minimum Gasteiger partial charge on any atom is -0.508 e. The summed E-state index contributed by atoms with van der Waals surface area (Å²) in [5.74, 6) is -1.31. The van der Waals surface area contributed by atoms with E-state index in [1.807, 2.05) is 41.5 Å². The average Bonchev–Trinajstić information content (AvgIpc) is 3.74. The van der Waals surface area contributed by atoms with E-state index in [4.69, 9.17) is 4.74 Å². The molecule has 1 fully saturated rings. The molecular weight excluding hydrogens is 514 g/mol. The Kier molecular flexibility index (Phi) is 13.7. The third-order valence-electron chi connectivity index (χ3n) is 4.80. The van der Waals surface area contributed by atoms with Crippen LogP contribution in [0.5, 0.6) is 34.5 Å². The SMILES string of the molecule is CC.CC.CC.CC1CO1.Oc1ccc(-c2nc(-c3ccc(O)cc3O)nc(-c3ccc(O)cc3O)n2)c(O)c1. The van der Waals surface area contributed by atoms with Crippen molar-refractivity contribution in [2.45, 2.75) is 54.6 Å². The van der Waals surface area contributed by atoms with E-state index in [1.54, 1.807) is 0 Å². The number of aromatic hydroxyl groups is 6. The summed E-state index contributed by atoms with van der Waals surface area (Å²) in [4.78, 5) is 12.9. The third kappa shape index (κ3) is 9.32. The minimum absolute atomic E-state index is 0.00690. The molecule has 4 aromatic rings. The summed E-state index contributed by atoms with van der Waals surface area (Å²) in [6.45, 7) is 15.0. The largest absolute Gasteiger partial charge is 0.508 e. The summed E-state index contributed by atoms with van der Waals surface area (Å²) in [5, 5.41) is 59.3. The molecule has 0 bridgehead atoms. The van der Waals surface area contributed by atoms with Gasteiger partial charge in [-0.1, -0.05) is 41.5 Å². The van der Waals surface area contributed by atoms with Crippen LogP contribution in [0.4, 0.5) is 0 Å². The maximum atomic E-state index is 10.2. The van der Waals surface area contributed by atoms with Gasteiger partial charge in [-0.2, -0.15) is 0 Å². The Labute approximate surface area is 234 Å². The number of hydrogen-bond donors (Lipinski definition) is 6. The highest BCUT2D eigenvalue weighted by Gasteiger charge is 2.18. The van der Waals surface area contributed by atoms with Crippen molar-refractivity contribution in [1.82, 2.24) is 15.0 Å². The molecule has 216 valence electrons. The monoisotopic (exact) mass is 553 g/mol. The van der Waals surface area contributed by atoms with E-state index in [-0.39, 0.29) is 68.7 Å². The molecule has 3 aromatic carbocycles. The first kappa shape index (κ1) is 33.5. The number of aromatic nitrogens is 3. The van der Waals surface area contributed by atoms with Crippen molar-refractivity contribution in [3.8, 4) is 68.7 Å². The van der Waals surface area contributed by atoms with Crippen molar-refractivity contribution >= 4 is 0 Å². The van der Waals surface area contributed by atoms with Gasteiger partial charge in [-0.15, -0.1) is 0 Å². The molecule has 6 N–H and O–H groups in total. The van der Waals surface area contributed by atoms with Gasteiger partial charge in [0.1, 0.15) is 34.5 Å². The molecule has 10 nitrogen and oxygen atoms in total. The Hall–Kier alpha value is -4.57. The maximum absolute atomic E-state index is 10.2. The van der Waals surface area contributed by atoms with Gasteiger partial charge in [0.15, 0.2) is 17.5 Å². The topological polar surface area (TPSA) is 173 Å². The predicted molar refractivity (Wildman–Crippen MR) is 156 cm³/mol. The molecule has 10 heteroatoms. The predicted octanol–water partition coefficient (Wildman–Crippen LogP) is 6.59. The molecule has 1 unspecified atom stereocenters. The Balaban J connectivity index is 0.000000698. The Morgan fingerprint density at radius 3 is 0.925 bits per heavy atom. The van der Waals surface area contributed by atoms with Crippen LogP contribution < -0.4 is 0 Å². The van der Waals surface area contributed by atoms with E-state index < -0.39 is 0 Å². The van der Waals surface area contributed by atoms with Crippen LogP contribution >= 0.6 is 0 Å². The molecule has 1 aliphatic heterocycles. The van der Waals surface area contributed by atoms with Gasteiger partial charge < -0.3 is 35.4 Å². The molecule has 0 amide bonds. The number of phenolic OH excluding ortho intramolecular Hbond substituents is 6. The lowest BCUT2D eigenvalue weighted by atomic mass is 10.1. The van der Waals surface area contributed by atoms with Gasteiger partial charge in [-0.3, -0.25) is 0 Å². The third-order valence-corrected chi connectivity index (χ3v) is 4.80. The molecule has 5 rings (SSSR count). The highest BCUT2D eigenvalue weighted by molar-refractivity contribution is 5.74. The van der Waals surface area contributed by atoms with Crippen molar-refractivity contribution in [2.24, 2.45) is 0 Å². The van der Waals surface area contributed by atoms with Crippen molar-refractivity contribution in [1.29, 1.82) is 0 Å². The lowest BCUT2D eigenvalue weighted by Gasteiger charge is -2.11. The molecule has 1 atom stereocenters. The summed E-state index contributed by atoms with van der Waals surface area (Å²) >= 11 is 0. The van der Waals surface area contributed by atoms with Gasteiger partial charge in [0.25, 0.3) is 0 Å². The number of epoxide rings is 1. The van der Waals surface area contributed by atoms with Crippen LogP contribution in [0.2, 0.25) is 0 Å². The van der Waals surface area contributed by atoms with Gasteiger partial charge in [0.2, 0.25) is 0 Å². The van der Waals surface area contributed by atoms with Crippen LogP contribution in [0.1, 0.15) is 48.5 Å². The zero-order valence-corrected chi connectivity index (χ0v) is 23.9. The normalized spacial score (nSPS) is 12.5. The maximum Gasteiger partial charge on any atom is 0.167 e. The number of phenols is 6. The van der Waals surface area contributed by atoms with Gasteiger partial charge >= 0.3 is 0 Å². The molecule has 1 aromatic heterocycles. The van der Waals surface area contributed by atoms with Gasteiger partial charge in [0.05, 0.1) is 29.4 Å². The summed E-state index contributed by atoms with van der Waals surface area (Å²) < 4.78 is 4.71. The minimum atomic E-state index is -0.289. The first-order chi connectivity index (χ1) is 19.2. The van der Waals surface area contributed by atoms with Crippen LogP contribution in [0, 0.1) is 0 Å². The molecule has 0 radical (unpaired) electrons. The number of benzene rings is 3. The second kappa shape index (κ2) is 16.4. The molecule has 0 aliphatic carbocycles. The molecular formula is C30H39N3O7. The quantitative estimate of drug-likeness (QED) is 0.152. The molecule has 1 aliphatic rings. The summed E-state index contributed by atoms with van der Waals surface area (Å²) in [6, 6.07) is 11.6. The molecule has 2 heterocycles. The fourth-order valence-corrected chi connectivity index (χ4v) is 2.96. The lowest BCUT2D eigenvalue weighted by molar-refractivity contribution is 0.423. The molecule has 0 spiro atoms. The summed E-state index contributed by atoms with van der Waals surface area (Å²) in [6.07, 6.45) is 0.583. The number of hydrogen-bond acceptors (Lipinski definition) is 10. The molecule has 0 saturated carbocycles. The van der Waals surface area contributed by atoms with Gasteiger partial charge in [-0.25, -0.2) is 15.0 Å². The second-order valence-electron chi connectivity index (χ2n) is 7.55. The van der Waals surface area contributed by atoms with E-state index >= 15 is 0 Å². The van der Waals surface area contributed by atoms with Gasteiger partial charge in [0, 0.05) is 18.2 Å². The average molecular weight is 554 g/mol. The van der Waals surface area contributed by atoms with E-state index in [0.717, 1.165) is 24.8 Å². The zero-order valence-electron chi connectivity index (χ0n) is 23.9. The van der Waals surface area contributed by atoms with Crippen LogP contribution in [0.15, 0.2) is 54.6 Å². The lowest BCUT2D eigenvalue weighted by Crippen LogP contribution is -2.00. The Bertz CT molecular complexity index is 1190. The van der Waals surface area contributed by atoms with Crippen molar-refractivity contribution in [3.05, 3.63) is 54.6 Å². The first-order valence-electron chi connectivity index (χ1n) is 13.2. The molecule has 1 saturated heterocycles. The smallest absolute Gasteiger partial charge is 0.167 e. The summed E-state index contributed by atoms with van der Waals surface area (Å²) in [7, 11) is 0. The van der Waals surface area contributed by atoms with Crippen LogP contribution in [-0.4, -0.2) is 58.3 Å². The van der Waals surface area contributed by atoms with E-state index in [2.05, 4.69) is 21.9 Å². The number of ether oxygens (including phenoxy) is 1. The number of nitrogens with zero attached hydrogens (tertiary/aromatic N) is 3. The standard InChI is InChI=1S/C21H15N3O6.C3H6O.3C2H6/c25-10-1-4-13(16(28)7-10)19-22-20(14-5-2-11(26)8-17(14)29)24-21(23-19)15-6-3-12(27)9-18(15)30;1-3-2-4-3;3*1-2/h1-9,25-30H;3H,2H2,1H3;3*1-2H3. The Morgan fingerprint density at radius 1 is 0.525 bits per heavy atom. The zero-order chi connectivity index (χ0) is 30.4. The summed E-state index contributed by atoms with van der Waals surface area (Å²) in [5.41, 5.74) is 0.526. The fourth-order valence-electron chi connectivity index (χ4n) is 2.96. The highest BCUT2D eigenvalue weighted by atomic mass is 16.6. The van der Waals surface area contributed by atoms with Crippen LogP contribution in [0.3, 0.4) is 0 Å². The van der Waals surface area contributed by atoms with Crippen LogP contribution in [0.25, 0.3) is 34.2 Å². The van der Waals surface area contributed by atoms with E-state index in [1.165, 1.54) is 36.4 Å².